The van der Waals surface area contributed by atoms with Crippen LogP contribution in [0.5, 0.6) is 0 Å². The fourth-order valence-corrected chi connectivity index (χ4v) is 3.68. The van der Waals surface area contributed by atoms with E-state index in [1.54, 1.807) is 18.3 Å². The van der Waals surface area contributed by atoms with E-state index in [1.807, 2.05) is 60.5 Å². The van der Waals surface area contributed by atoms with Crippen LogP contribution in [0, 0.1) is 6.92 Å². The lowest BCUT2D eigenvalue weighted by Crippen LogP contribution is -2.49. The summed E-state index contributed by atoms with van der Waals surface area (Å²) in [6.45, 7) is 5.67. The number of urea groups is 1. The summed E-state index contributed by atoms with van der Waals surface area (Å²) in [7, 11) is 0. The summed E-state index contributed by atoms with van der Waals surface area (Å²) >= 11 is 0. The van der Waals surface area contributed by atoms with Crippen LogP contribution >= 0.6 is 0 Å². The number of pyridine rings is 1. The molecule has 0 unspecified atom stereocenters. The molecule has 0 spiro atoms. The summed E-state index contributed by atoms with van der Waals surface area (Å²) in [5.41, 5.74) is 3.95. The van der Waals surface area contributed by atoms with Crippen molar-refractivity contribution in [2.24, 2.45) is 0 Å². The molecule has 1 fully saturated rings. The number of hydrogen-bond donors (Lipinski definition) is 2. The fraction of sp³-hybridized carbons (Fsp3) is 0.240. The molecule has 0 aliphatic carbocycles. The summed E-state index contributed by atoms with van der Waals surface area (Å²) in [4.78, 5) is 33.7. The molecule has 0 bridgehead atoms. The third-order valence-electron chi connectivity index (χ3n) is 5.56. The molecule has 0 saturated carbocycles. The molecule has 2 heterocycles. The normalized spacial score (nSPS) is 14.1. The van der Waals surface area contributed by atoms with E-state index >= 15 is 0 Å². The van der Waals surface area contributed by atoms with Crippen LogP contribution in [0.2, 0.25) is 0 Å². The lowest BCUT2D eigenvalue weighted by Gasteiger charge is -2.34. The number of amides is 3. The van der Waals surface area contributed by atoms with Gasteiger partial charge >= 0.3 is 6.03 Å². The third kappa shape index (κ3) is 5.50. The molecule has 2 N–H and O–H groups in total. The van der Waals surface area contributed by atoms with E-state index in [-0.39, 0.29) is 11.9 Å². The first kappa shape index (κ1) is 21.5. The van der Waals surface area contributed by atoms with Gasteiger partial charge in [0.2, 0.25) is 0 Å². The number of para-hydroxylation sites is 1. The molecule has 3 aromatic rings. The van der Waals surface area contributed by atoms with Crippen molar-refractivity contribution in [3.63, 3.8) is 0 Å². The third-order valence-corrected chi connectivity index (χ3v) is 5.56. The highest BCUT2D eigenvalue weighted by molar-refractivity contribution is 6.05. The van der Waals surface area contributed by atoms with E-state index in [9.17, 15) is 9.59 Å². The van der Waals surface area contributed by atoms with Gasteiger partial charge in [0.25, 0.3) is 5.91 Å². The van der Waals surface area contributed by atoms with Crippen molar-refractivity contribution in [1.82, 2.24) is 14.8 Å². The molecule has 3 amide bonds. The van der Waals surface area contributed by atoms with Gasteiger partial charge in [-0.15, -0.1) is 0 Å². The second-order valence-corrected chi connectivity index (χ2v) is 7.90. The van der Waals surface area contributed by atoms with Crippen molar-refractivity contribution < 1.29 is 9.59 Å². The van der Waals surface area contributed by atoms with Crippen LogP contribution in [-0.2, 0) is 6.54 Å². The molecule has 7 nitrogen and oxygen atoms in total. The summed E-state index contributed by atoms with van der Waals surface area (Å²) in [6, 6.07) is 18.5. The molecular weight excluding hydrogens is 402 g/mol. The zero-order valence-electron chi connectivity index (χ0n) is 18.1. The minimum Gasteiger partial charge on any atom is -0.322 e. The summed E-state index contributed by atoms with van der Waals surface area (Å²) in [5, 5.41) is 5.86. The number of carbonyl (C=O) groups is 2. The van der Waals surface area contributed by atoms with Crippen molar-refractivity contribution >= 4 is 23.3 Å². The Bertz CT molecular complexity index is 1060. The average molecular weight is 430 g/mol. The number of nitrogens with one attached hydrogen (secondary N) is 2. The fourth-order valence-electron chi connectivity index (χ4n) is 3.68. The number of rotatable bonds is 5. The molecule has 4 rings (SSSR count). The van der Waals surface area contributed by atoms with Gasteiger partial charge < -0.3 is 15.5 Å². The van der Waals surface area contributed by atoms with Crippen molar-refractivity contribution in [3.8, 4) is 0 Å². The molecule has 32 heavy (non-hydrogen) atoms. The number of benzene rings is 2. The number of piperazine rings is 1. The maximum atomic E-state index is 12.8. The van der Waals surface area contributed by atoms with E-state index in [0.717, 1.165) is 30.9 Å². The van der Waals surface area contributed by atoms with E-state index in [2.05, 4.69) is 26.6 Å². The van der Waals surface area contributed by atoms with Crippen molar-refractivity contribution in [2.75, 3.05) is 36.8 Å². The molecule has 1 aromatic heterocycles. The molecule has 2 aromatic carbocycles. The summed E-state index contributed by atoms with van der Waals surface area (Å²) in [6.07, 6.45) is 3.65. The van der Waals surface area contributed by atoms with E-state index in [0.29, 0.717) is 24.3 Å². The highest BCUT2D eigenvalue weighted by Crippen LogP contribution is 2.19. The Labute approximate surface area is 188 Å². The van der Waals surface area contributed by atoms with E-state index < -0.39 is 0 Å². The lowest BCUT2D eigenvalue weighted by molar-refractivity contribution is 0.102. The topological polar surface area (TPSA) is 77.6 Å². The Morgan fingerprint density at radius 2 is 1.72 bits per heavy atom. The highest BCUT2D eigenvalue weighted by atomic mass is 16.2. The number of aromatic nitrogens is 1. The summed E-state index contributed by atoms with van der Waals surface area (Å²) < 4.78 is 0. The van der Waals surface area contributed by atoms with Gasteiger partial charge in [-0.3, -0.25) is 14.7 Å². The number of aryl methyl sites for hydroxylation is 1. The van der Waals surface area contributed by atoms with Gasteiger partial charge in [0.1, 0.15) is 0 Å². The Morgan fingerprint density at radius 3 is 2.44 bits per heavy atom. The van der Waals surface area contributed by atoms with Crippen molar-refractivity contribution in [3.05, 3.63) is 89.7 Å². The maximum Gasteiger partial charge on any atom is 0.321 e. The quantitative estimate of drug-likeness (QED) is 0.643. The molecule has 0 radical (unpaired) electrons. The Kier molecular flexibility index (Phi) is 6.77. The number of anilines is 2. The van der Waals surface area contributed by atoms with Gasteiger partial charge in [-0.25, -0.2) is 4.79 Å². The molecule has 0 atom stereocenters. The molecule has 164 valence electrons. The second kappa shape index (κ2) is 10.1. The first-order valence-corrected chi connectivity index (χ1v) is 10.7. The Morgan fingerprint density at radius 1 is 0.938 bits per heavy atom. The Hall–Kier alpha value is -3.71. The predicted molar refractivity (Wildman–Crippen MR) is 126 cm³/mol. The van der Waals surface area contributed by atoms with E-state index in [4.69, 9.17) is 0 Å². The van der Waals surface area contributed by atoms with Gasteiger partial charge in [-0.1, -0.05) is 30.3 Å². The van der Waals surface area contributed by atoms with Crippen LogP contribution in [-0.4, -0.2) is 52.9 Å². The number of nitrogens with zero attached hydrogens (tertiary/aromatic N) is 3. The largest absolute Gasteiger partial charge is 0.322 e. The second-order valence-electron chi connectivity index (χ2n) is 7.90. The van der Waals surface area contributed by atoms with Crippen molar-refractivity contribution in [1.29, 1.82) is 0 Å². The van der Waals surface area contributed by atoms with Crippen LogP contribution in [0.1, 0.15) is 21.5 Å². The predicted octanol–water partition coefficient (Wildman–Crippen LogP) is 3.99. The van der Waals surface area contributed by atoms with Crippen LogP contribution in [0.4, 0.5) is 16.2 Å². The minimum atomic E-state index is -0.212. The van der Waals surface area contributed by atoms with Crippen molar-refractivity contribution in [2.45, 2.75) is 13.5 Å². The average Bonchev–Trinajstić information content (AvgIpc) is 2.82. The number of hydrogen-bond acceptors (Lipinski definition) is 4. The summed E-state index contributed by atoms with van der Waals surface area (Å²) in [5.74, 6) is -0.212. The SMILES string of the molecule is Cc1ccc(C(=O)Nc2ccccc2)cc1NC(=O)N1CCN(Cc2cccnc2)CC1. The zero-order chi connectivity index (χ0) is 22.3. The van der Waals surface area contributed by atoms with Gasteiger partial charge in [0.05, 0.1) is 0 Å². The minimum absolute atomic E-state index is 0.144. The van der Waals surface area contributed by atoms with E-state index in [1.165, 1.54) is 5.56 Å². The van der Waals surface area contributed by atoms with Gasteiger partial charge in [-0.05, 0) is 48.4 Å². The number of carbonyl (C=O) groups excluding carboxylic acids is 2. The molecule has 1 saturated heterocycles. The molecule has 7 heteroatoms. The smallest absolute Gasteiger partial charge is 0.321 e. The highest BCUT2D eigenvalue weighted by Gasteiger charge is 2.22. The molecule has 1 aliphatic heterocycles. The molecular formula is C25H27N5O2. The van der Waals surface area contributed by atoms with Crippen LogP contribution in [0.3, 0.4) is 0 Å². The van der Waals surface area contributed by atoms with Crippen LogP contribution in [0.25, 0.3) is 0 Å². The van der Waals surface area contributed by atoms with Crippen LogP contribution < -0.4 is 10.6 Å². The standard InChI is InChI=1S/C25H27N5O2/c1-19-9-10-21(24(31)27-22-7-3-2-4-8-22)16-23(19)28-25(32)30-14-12-29(13-15-30)18-20-6-5-11-26-17-20/h2-11,16-17H,12-15,18H2,1H3,(H,27,31)(H,28,32). The lowest BCUT2D eigenvalue weighted by atomic mass is 10.1. The first-order chi connectivity index (χ1) is 15.6. The zero-order valence-corrected chi connectivity index (χ0v) is 18.1. The van der Waals surface area contributed by atoms with Gasteiger partial charge in [-0.2, -0.15) is 0 Å². The monoisotopic (exact) mass is 429 g/mol. The van der Waals surface area contributed by atoms with Crippen LogP contribution in [0.15, 0.2) is 73.1 Å². The first-order valence-electron chi connectivity index (χ1n) is 10.7. The maximum absolute atomic E-state index is 12.8. The van der Waals surface area contributed by atoms with Gasteiger partial charge in [0.15, 0.2) is 0 Å². The molecule has 1 aliphatic rings. The van der Waals surface area contributed by atoms with Gasteiger partial charge in [0, 0.05) is 62.1 Å². The Balaban J connectivity index is 1.34.